The highest BCUT2D eigenvalue weighted by molar-refractivity contribution is 5.81. The maximum absolute atomic E-state index is 12.5. The monoisotopic (exact) mass is 383 g/mol. The zero-order valence-corrected chi connectivity index (χ0v) is 17.1. The van der Waals surface area contributed by atoms with Crippen molar-refractivity contribution >= 4 is 12.1 Å². The van der Waals surface area contributed by atoms with Crippen molar-refractivity contribution in [1.82, 2.24) is 5.32 Å². The van der Waals surface area contributed by atoms with Crippen LogP contribution in [0.25, 0.3) is 0 Å². The highest BCUT2D eigenvalue weighted by Crippen LogP contribution is 2.29. The quantitative estimate of drug-likeness (QED) is 0.737. The van der Waals surface area contributed by atoms with Crippen molar-refractivity contribution in [3.05, 3.63) is 71.8 Å². The molecule has 28 heavy (non-hydrogen) atoms. The maximum Gasteiger partial charge on any atom is 0.408 e. The lowest BCUT2D eigenvalue weighted by molar-refractivity contribution is -0.150. The average molecular weight is 383 g/mol. The molecule has 0 bridgehead atoms. The minimum atomic E-state index is -0.815. The Labute approximate surface area is 167 Å². The van der Waals surface area contributed by atoms with Crippen molar-refractivity contribution in [2.75, 3.05) is 0 Å². The van der Waals surface area contributed by atoms with Gasteiger partial charge in [0.1, 0.15) is 17.7 Å². The van der Waals surface area contributed by atoms with Crippen LogP contribution in [0.4, 0.5) is 4.79 Å². The summed E-state index contributed by atoms with van der Waals surface area (Å²) in [6.07, 6.45) is -1.06. The fourth-order valence-electron chi connectivity index (χ4n) is 2.95. The van der Waals surface area contributed by atoms with Gasteiger partial charge in [-0.05, 0) is 45.7 Å². The number of hydrogen-bond acceptors (Lipinski definition) is 4. The number of carbonyl (C=O) groups is 2. The predicted molar refractivity (Wildman–Crippen MR) is 109 cm³/mol. The van der Waals surface area contributed by atoms with Gasteiger partial charge in [-0.3, -0.25) is 0 Å². The second-order valence-electron chi connectivity index (χ2n) is 7.81. The summed E-state index contributed by atoms with van der Waals surface area (Å²) >= 11 is 0. The Balaban J connectivity index is 2.09. The van der Waals surface area contributed by atoms with E-state index in [4.69, 9.17) is 9.47 Å². The van der Waals surface area contributed by atoms with Gasteiger partial charge in [0.05, 0.1) is 0 Å². The van der Waals surface area contributed by atoms with E-state index in [1.165, 1.54) is 0 Å². The molecule has 0 aliphatic carbocycles. The lowest BCUT2D eigenvalue weighted by Gasteiger charge is -2.27. The molecule has 0 radical (unpaired) electrons. The van der Waals surface area contributed by atoms with Gasteiger partial charge in [0.2, 0.25) is 0 Å². The van der Waals surface area contributed by atoms with E-state index in [0.717, 1.165) is 11.1 Å². The largest absolute Gasteiger partial charge is 0.460 e. The van der Waals surface area contributed by atoms with Gasteiger partial charge < -0.3 is 14.8 Å². The van der Waals surface area contributed by atoms with Gasteiger partial charge in [-0.15, -0.1) is 0 Å². The summed E-state index contributed by atoms with van der Waals surface area (Å²) in [4.78, 5) is 24.4. The van der Waals surface area contributed by atoms with E-state index < -0.39 is 29.8 Å². The molecular weight excluding hydrogens is 354 g/mol. The van der Waals surface area contributed by atoms with Crippen LogP contribution in [0.1, 0.15) is 51.7 Å². The summed E-state index contributed by atoms with van der Waals surface area (Å²) in [5.41, 5.74) is 1.48. The number of rotatable bonds is 6. The fraction of sp³-hybridized carbons (Fsp3) is 0.391. The predicted octanol–water partition coefficient (Wildman–Crippen LogP) is 4.66. The Morgan fingerprint density at radius 2 is 1.32 bits per heavy atom. The second-order valence-corrected chi connectivity index (χ2v) is 7.81. The normalized spacial score (nSPS) is 13.5. The van der Waals surface area contributed by atoms with Crippen molar-refractivity contribution < 1.29 is 19.1 Å². The van der Waals surface area contributed by atoms with E-state index >= 15 is 0 Å². The van der Waals surface area contributed by atoms with Crippen LogP contribution in [-0.2, 0) is 14.3 Å². The molecule has 2 rings (SSSR count). The van der Waals surface area contributed by atoms with Crippen LogP contribution in [0.15, 0.2) is 60.7 Å². The van der Waals surface area contributed by atoms with Gasteiger partial charge in [0.15, 0.2) is 0 Å². The number of nitrogens with one attached hydrogen (secondary N) is 1. The van der Waals surface area contributed by atoms with Crippen molar-refractivity contribution in [2.24, 2.45) is 0 Å². The average Bonchev–Trinajstić information content (AvgIpc) is 2.62. The first-order chi connectivity index (χ1) is 13.2. The number of carbonyl (C=O) groups excluding carboxylic acids is 2. The van der Waals surface area contributed by atoms with Gasteiger partial charge in [-0.2, -0.15) is 0 Å². The van der Waals surface area contributed by atoms with E-state index in [1.54, 1.807) is 27.7 Å². The molecule has 5 nitrogen and oxygen atoms in total. The summed E-state index contributed by atoms with van der Waals surface area (Å²) in [6.45, 7) is 8.74. The smallest absolute Gasteiger partial charge is 0.408 e. The molecule has 1 amide bonds. The van der Waals surface area contributed by atoms with E-state index in [-0.39, 0.29) is 5.92 Å². The van der Waals surface area contributed by atoms with Crippen molar-refractivity contribution in [3.63, 3.8) is 0 Å². The number of hydrogen-bond donors (Lipinski definition) is 1. The van der Waals surface area contributed by atoms with E-state index in [1.807, 2.05) is 67.6 Å². The van der Waals surface area contributed by atoms with Crippen LogP contribution in [0.2, 0.25) is 0 Å². The Bertz CT molecular complexity index is 729. The summed E-state index contributed by atoms with van der Waals surface area (Å²) < 4.78 is 10.9. The third-order valence-corrected chi connectivity index (χ3v) is 4.18. The highest BCUT2D eigenvalue weighted by atomic mass is 16.6. The van der Waals surface area contributed by atoms with Gasteiger partial charge >= 0.3 is 12.1 Å². The Hall–Kier alpha value is -2.82. The number of alkyl carbamates (subject to hydrolysis) is 1. The van der Waals surface area contributed by atoms with Gasteiger partial charge in [-0.25, -0.2) is 9.59 Å². The molecule has 0 aliphatic rings. The van der Waals surface area contributed by atoms with Crippen molar-refractivity contribution in [2.45, 2.75) is 58.3 Å². The molecule has 2 atom stereocenters. The first kappa shape index (κ1) is 21.5. The fourth-order valence-corrected chi connectivity index (χ4v) is 2.95. The van der Waals surface area contributed by atoms with Gasteiger partial charge in [0, 0.05) is 5.92 Å². The molecule has 0 saturated heterocycles. The summed E-state index contributed by atoms with van der Waals surface area (Å²) in [5.74, 6) is -0.615. The molecule has 0 spiro atoms. The molecule has 0 saturated carbocycles. The third-order valence-electron chi connectivity index (χ3n) is 4.18. The molecule has 0 heterocycles. The van der Waals surface area contributed by atoms with Crippen molar-refractivity contribution in [1.29, 1.82) is 0 Å². The standard InChI is InChI=1S/C23H29NO4/c1-16(24-22(26)28-23(3,4)5)21(25)27-17(2)20(18-12-8-6-9-13-18)19-14-10-7-11-15-19/h6-17,20H,1-5H3,(H,24,26)/t16?,17-/m0/s1. The van der Waals surface area contributed by atoms with Gasteiger partial charge in [-0.1, -0.05) is 60.7 Å². The molecule has 2 aromatic rings. The van der Waals surface area contributed by atoms with Crippen LogP contribution in [0.5, 0.6) is 0 Å². The van der Waals surface area contributed by atoms with E-state index in [0.29, 0.717) is 0 Å². The van der Waals surface area contributed by atoms with Crippen LogP contribution in [0.3, 0.4) is 0 Å². The zero-order chi connectivity index (χ0) is 20.7. The molecule has 150 valence electrons. The third kappa shape index (κ3) is 6.41. The van der Waals surface area contributed by atoms with E-state index in [2.05, 4.69) is 5.32 Å². The number of amides is 1. The summed E-state index contributed by atoms with van der Waals surface area (Å²) in [5, 5.41) is 2.52. The van der Waals surface area contributed by atoms with Crippen LogP contribution >= 0.6 is 0 Å². The molecule has 0 aliphatic heterocycles. The summed E-state index contributed by atoms with van der Waals surface area (Å²) in [7, 11) is 0. The topological polar surface area (TPSA) is 64.6 Å². The Kier molecular flexibility index (Phi) is 7.21. The van der Waals surface area contributed by atoms with E-state index in [9.17, 15) is 9.59 Å². The number of ether oxygens (including phenoxy) is 2. The second kappa shape index (κ2) is 9.40. The summed E-state index contributed by atoms with van der Waals surface area (Å²) in [6, 6.07) is 19.0. The molecule has 2 aromatic carbocycles. The molecule has 0 fully saturated rings. The molecular formula is C23H29NO4. The molecule has 5 heteroatoms. The molecule has 1 N–H and O–H groups in total. The van der Waals surface area contributed by atoms with Crippen molar-refractivity contribution in [3.8, 4) is 0 Å². The van der Waals surface area contributed by atoms with Crippen LogP contribution in [0, 0.1) is 0 Å². The lowest BCUT2D eigenvalue weighted by Crippen LogP contribution is -2.43. The lowest BCUT2D eigenvalue weighted by atomic mass is 9.87. The SMILES string of the molecule is CC(NC(=O)OC(C)(C)C)C(=O)O[C@@H](C)C(c1ccccc1)c1ccccc1. The number of benzene rings is 2. The molecule has 1 unspecified atom stereocenters. The van der Waals surface area contributed by atoms with Crippen LogP contribution < -0.4 is 5.32 Å². The molecule has 0 aromatic heterocycles. The first-order valence-electron chi connectivity index (χ1n) is 9.47. The minimum Gasteiger partial charge on any atom is -0.460 e. The Morgan fingerprint density at radius 1 is 0.857 bits per heavy atom. The zero-order valence-electron chi connectivity index (χ0n) is 17.1. The van der Waals surface area contributed by atoms with Gasteiger partial charge in [0.25, 0.3) is 0 Å². The highest BCUT2D eigenvalue weighted by Gasteiger charge is 2.28. The van der Waals surface area contributed by atoms with Crippen LogP contribution in [-0.4, -0.2) is 29.8 Å². The minimum absolute atomic E-state index is 0.111. The number of esters is 1. The first-order valence-corrected chi connectivity index (χ1v) is 9.47. The Morgan fingerprint density at radius 3 is 1.75 bits per heavy atom. The maximum atomic E-state index is 12.5.